The second-order valence-corrected chi connectivity index (χ2v) is 8.11. The van der Waals surface area contributed by atoms with Crippen molar-refractivity contribution in [2.24, 2.45) is 0 Å². The molecule has 1 amide bonds. The third kappa shape index (κ3) is 3.83. The first-order valence-electron chi connectivity index (χ1n) is 9.89. The first-order valence-corrected chi connectivity index (χ1v) is 10.7. The van der Waals surface area contributed by atoms with Gasteiger partial charge in [0.25, 0.3) is 0 Å². The lowest BCUT2D eigenvalue weighted by atomic mass is 10.2. The number of anilines is 1. The van der Waals surface area contributed by atoms with Gasteiger partial charge in [-0.05, 0) is 36.4 Å². The number of carbonyl (C=O) groups excluding carboxylic acids is 1. The molecule has 0 aliphatic rings. The van der Waals surface area contributed by atoms with Crippen LogP contribution in [0.4, 0.5) is 5.69 Å². The van der Waals surface area contributed by atoms with Crippen LogP contribution >= 0.6 is 11.3 Å². The third-order valence-corrected chi connectivity index (χ3v) is 6.11. The van der Waals surface area contributed by atoms with Crippen LogP contribution in [-0.4, -0.2) is 20.7 Å². The molecule has 0 atom stereocenters. The Hall–Kier alpha value is -3.84. The largest absolute Gasteiger partial charge is 0.325 e. The van der Waals surface area contributed by atoms with Gasteiger partial charge in [0.2, 0.25) is 11.3 Å². The second kappa shape index (κ2) is 8.12. The van der Waals surface area contributed by atoms with E-state index in [1.165, 1.54) is 6.20 Å². The molecule has 152 valence electrons. The first kappa shape index (κ1) is 19.1. The summed E-state index contributed by atoms with van der Waals surface area (Å²) >= 11 is 1.60. The summed E-state index contributed by atoms with van der Waals surface area (Å²) in [6, 6.07) is 22.9. The predicted molar refractivity (Wildman–Crippen MR) is 124 cm³/mol. The summed E-state index contributed by atoms with van der Waals surface area (Å²) < 4.78 is 2.80. The summed E-state index contributed by atoms with van der Waals surface area (Å²) in [6.07, 6.45) is 1.52. The molecule has 2 aromatic heterocycles. The van der Waals surface area contributed by atoms with E-state index in [0.717, 1.165) is 32.0 Å². The Balaban J connectivity index is 1.36. The maximum Gasteiger partial charge on any atom is 0.226 e. The van der Waals surface area contributed by atoms with Crippen molar-refractivity contribution in [3.63, 3.8) is 0 Å². The molecular formula is C24H18N4O2S. The fourth-order valence-corrected chi connectivity index (χ4v) is 4.53. The van der Waals surface area contributed by atoms with E-state index in [-0.39, 0.29) is 17.8 Å². The Morgan fingerprint density at radius 1 is 0.968 bits per heavy atom. The van der Waals surface area contributed by atoms with Gasteiger partial charge in [-0.1, -0.05) is 36.4 Å². The zero-order chi connectivity index (χ0) is 21.2. The Morgan fingerprint density at radius 2 is 1.74 bits per heavy atom. The van der Waals surface area contributed by atoms with Crippen LogP contribution in [0.15, 0.2) is 83.8 Å². The molecule has 0 aliphatic carbocycles. The van der Waals surface area contributed by atoms with E-state index in [0.29, 0.717) is 11.9 Å². The summed E-state index contributed by atoms with van der Waals surface area (Å²) in [5, 5.41) is 8.66. The van der Waals surface area contributed by atoms with Crippen LogP contribution in [0.1, 0.15) is 6.42 Å². The number of aryl methyl sites for hydroxylation is 1. The number of hydrogen-bond donors (Lipinski definition) is 1. The number of fused-ring (bicyclic) bond motifs is 2. The van der Waals surface area contributed by atoms with Gasteiger partial charge in [-0.15, -0.1) is 11.3 Å². The topological polar surface area (TPSA) is 76.9 Å². The number of nitrogens with zero attached hydrogens (tertiary/aromatic N) is 3. The van der Waals surface area contributed by atoms with Crippen LogP contribution < -0.4 is 10.7 Å². The molecule has 0 aliphatic heterocycles. The van der Waals surface area contributed by atoms with Crippen molar-refractivity contribution in [2.45, 2.75) is 13.0 Å². The maximum absolute atomic E-state index is 12.7. The molecule has 0 saturated carbocycles. The molecule has 2 heterocycles. The molecule has 0 bridgehead atoms. The maximum atomic E-state index is 12.7. The first-order chi connectivity index (χ1) is 15.2. The van der Waals surface area contributed by atoms with Crippen molar-refractivity contribution in [2.75, 3.05) is 5.32 Å². The summed E-state index contributed by atoms with van der Waals surface area (Å²) in [5.41, 5.74) is 3.16. The number of nitrogens with one attached hydrogen (secondary N) is 1. The van der Waals surface area contributed by atoms with Gasteiger partial charge < -0.3 is 5.32 Å². The molecule has 0 saturated heterocycles. The molecule has 0 radical (unpaired) electrons. The van der Waals surface area contributed by atoms with E-state index in [9.17, 15) is 9.59 Å². The molecule has 7 heteroatoms. The number of carbonyl (C=O) groups is 1. The summed E-state index contributed by atoms with van der Waals surface area (Å²) in [4.78, 5) is 29.4. The van der Waals surface area contributed by atoms with Crippen LogP contribution in [0.25, 0.3) is 31.7 Å². The highest BCUT2D eigenvalue weighted by atomic mass is 32.1. The lowest BCUT2D eigenvalue weighted by molar-refractivity contribution is -0.116. The Bertz CT molecular complexity index is 1440. The van der Waals surface area contributed by atoms with Gasteiger partial charge in [-0.2, -0.15) is 5.10 Å². The normalized spacial score (nSPS) is 11.1. The minimum atomic E-state index is -0.127. The third-order valence-electron chi connectivity index (χ3n) is 5.04. The van der Waals surface area contributed by atoms with Crippen LogP contribution in [0.3, 0.4) is 0 Å². The van der Waals surface area contributed by atoms with Crippen molar-refractivity contribution in [3.05, 3.63) is 89.2 Å². The number of thiazole rings is 1. The van der Waals surface area contributed by atoms with Gasteiger partial charge in [-0.25, -0.2) is 4.98 Å². The highest BCUT2D eigenvalue weighted by Gasteiger charge is 2.13. The van der Waals surface area contributed by atoms with Crippen LogP contribution in [0, 0.1) is 0 Å². The highest BCUT2D eigenvalue weighted by molar-refractivity contribution is 7.21. The van der Waals surface area contributed by atoms with Gasteiger partial charge >= 0.3 is 0 Å². The number of rotatable bonds is 5. The van der Waals surface area contributed by atoms with Gasteiger partial charge in [0.1, 0.15) is 5.01 Å². The van der Waals surface area contributed by atoms with E-state index in [2.05, 4.69) is 10.4 Å². The van der Waals surface area contributed by atoms with Crippen LogP contribution in [-0.2, 0) is 11.3 Å². The fourth-order valence-electron chi connectivity index (χ4n) is 3.53. The average molecular weight is 427 g/mol. The predicted octanol–water partition coefficient (Wildman–Crippen LogP) is 4.70. The molecular weight excluding hydrogens is 408 g/mol. The van der Waals surface area contributed by atoms with Crippen molar-refractivity contribution in [1.29, 1.82) is 0 Å². The lowest BCUT2D eigenvalue weighted by Crippen LogP contribution is -2.18. The van der Waals surface area contributed by atoms with Gasteiger partial charge in [0.15, 0.2) is 0 Å². The minimum Gasteiger partial charge on any atom is -0.325 e. The lowest BCUT2D eigenvalue weighted by Gasteiger charge is -2.11. The molecule has 31 heavy (non-hydrogen) atoms. The molecule has 0 unspecified atom stereocenters. The van der Waals surface area contributed by atoms with Gasteiger partial charge in [-0.3, -0.25) is 14.3 Å². The molecule has 3 aromatic carbocycles. The van der Waals surface area contributed by atoms with Gasteiger partial charge in [0, 0.05) is 17.4 Å². The summed E-state index contributed by atoms with van der Waals surface area (Å²) in [6.45, 7) is 0.371. The fraction of sp³-hybridized carbons (Fsp3) is 0.0833. The zero-order valence-corrected chi connectivity index (χ0v) is 17.3. The molecule has 0 spiro atoms. The summed E-state index contributed by atoms with van der Waals surface area (Å²) in [5.74, 6) is -0.127. The molecule has 0 fully saturated rings. The van der Waals surface area contributed by atoms with Crippen LogP contribution in [0.5, 0.6) is 0 Å². The number of aromatic nitrogens is 3. The minimum absolute atomic E-state index is 0.124. The average Bonchev–Trinajstić information content (AvgIpc) is 3.23. The molecule has 6 nitrogen and oxygen atoms in total. The van der Waals surface area contributed by atoms with E-state index >= 15 is 0 Å². The summed E-state index contributed by atoms with van der Waals surface area (Å²) in [7, 11) is 0. The molecule has 5 rings (SSSR count). The second-order valence-electron chi connectivity index (χ2n) is 7.08. The highest BCUT2D eigenvalue weighted by Crippen LogP contribution is 2.34. The Labute approximate surface area is 181 Å². The van der Waals surface area contributed by atoms with E-state index < -0.39 is 0 Å². The standard InChI is InChI=1S/C24H18N4O2S/c29-21-15-25-28(20-11-5-2-8-17(20)21)14-13-23(30)26-18-9-3-1-7-16(18)24-27-19-10-4-6-12-22(19)31-24/h1-12,15H,13-14H2,(H,26,30). The van der Waals surface area contributed by atoms with E-state index in [1.807, 2.05) is 66.7 Å². The van der Waals surface area contributed by atoms with E-state index in [4.69, 9.17) is 4.98 Å². The smallest absolute Gasteiger partial charge is 0.226 e. The number of benzene rings is 3. The number of para-hydroxylation sites is 3. The Kier molecular flexibility index (Phi) is 5.01. The van der Waals surface area contributed by atoms with E-state index in [1.54, 1.807) is 22.1 Å². The van der Waals surface area contributed by atoms with Crippen molar-refractivity contribution < 1.29 is 4.79 Å². The monoisotopic (exact) mass is 426 g/mol. The number of hydrogen-bond acceptors (Lipinski definition) is 5. The molecule has 5 aromatic rings. The SMILES string of the molecule is O=C(CCn1ncc(=O)c2ccccc21)Nc1ccccc1-c1nc2ccccc2s1. The van der Waals surface area contributed by atoms with Crippen molar-refractivity contribution >= 4 is 44.1 Å². The Morgan fingerprint density at radius 3 is 2.65 bits per heavy atom. The molecule has 1 N–H and O–H groups in total. The van der Waals surface area contributed by atoms with Crippen molar-refractivity contribution in [1.82, 2.24) is 14.8 Å². The van der Waals surface area contributed by atoms with Crippen LogP contribution in [0.2, 0.25) is 0 Å². The van der Waals surface area contributed by atoms with Crippen molar-refractivity contribution in [3.8, 4) is 10.6 Å². The van der Waals surface area contributed by atoms with Gasteiger partial charge in [0.05, 0.1) is 34.2 Å². The number of amides is 1. The zero-order valence-electron chi connectivity index (χ0n) is 16.5. The quantitative estimate of drug-likeness (QED) is 0.442.